The van der Waals surface area contributed by atoms with Gasteiger partial charge in [-0.05, 0) is 37.7 Å². The van der Waals surface area contributed by atoms with Crippen molar-refractivity contribution in [2.45, 2.75) is 6.92 Å². The zero-order valence-corrected chi connectivity index (χ0v) is 18.4. The Hall–Kier alpha value is -3.30. The van der Waals surface area contributed by atoms with E-state index >= 15 is 0 Å². The van der Waals surface area contributed by atoms with Crippen LogP contribution in [0.15, 0.2) is 36.7 Å². The summed E-state index contributed by atoms with van der Waals surface area (Å²) in [6.45, 7) is 5.97. The summed E-state index contributed by atoms with van der Waals surface area (Å²) in [6, 6.07) is 8.23. The highest BCUT2D eigenvalue weighted by molar-refractivity contribution is 7.16. The van der Waals surface area contributed by atoms with E-state index in [9.17, 15) is 0 Å². The number of thiazole rings is 1. The second-order valence-corrected chi connectivity index (χ2v) is 8.75. The first-order chi connectivity index (χ1) is 15.1. The number of aromatic amines is 1. The topological polar surface area (TPSA) is 85.9 Å². The quantitative estimate of drug-likeness (QED) is 0.496. The smallest absolute Gasteiger partial charge is 0.188 e. The molecule has 158 valence electrons. The second kappa shape index (κ2) is 8.44. The Morgan fingerprint density at radius 3 is 2.81 bits per heavy atom. The normalized spacial score (nSPS) is 15.2. The third-order valence-electron chi connectivity index (χ3n) is 5.31. The van der Waals surface area contributed by atoms with Gasteiger partial charge in [0.2, 0.25) is 0 Å². The van der Waals surface area contributed by atoms with Crippen LogP contribution in [0.2, 0.25) is 0 Å². The third-order valence-corrected chi connectivity index (χ3v) is 6.19. The number of nitrogens with zero attached hydrogens (tertiary/aromatic N) is 6. The van der Waals surface area contributed by atoms with Gasteiger partial charge in [0, 0.05) is 48.7 Å². The van der Waals surface area contributed by atoms with Crippen LogP contribution in [0, 0.1) is 6.92 Å². The van der Waals surface area contributed by atoms with Gasteiger partial charge >= 0.3 is 0 Å². The van der Waals surface area contributed by atoms with Crippen molar-refractivity contribution in [2.24, 2.45) is 0 Å². The van der Waals surface area contributed by atoms with Gasteiger partial charge in [-0.25, -0.2) is 15.0 Å². The van der Waals surface area contributed by atoms with Gasteiger partial charge in [-0.3, -0.25) is 5.10 Å². The molecule has 2 N–H and O–H groups in total. The Kier molecular flexibility index (Phi) is 5.35. The monoisotopic (exact) mass is 432 g/mol. The molecule has 1 aliphatic rings. The van der Waals surface area contributed by atoms with Gasteiger partial charge in [-0.1, -0.05) is 23.5 Å². The molecule has 0 radical (unpaired) electrons. The molecule has 9 heteroatoms. The molecule has 5 rings (SSSR count). The maximum absolute atomic E-state index is 4.63. The molecule has 3 aromatic heterocycles. The van der Waals surface area contributed by atoms with Crippen LogP contribution in [0.5, 0.6) is 0 Å². The maximum Gasteiger partial charge on any atom is 0.188 e. The van der Waals surface area contributed by atoms with Crippen LogP contribution in [-0.4, -0.2) is 63.3 Å². The zero-order chi connectivity index (χ0) is 21.2. The van der Waals surface area contributed by atoms with Crippen molar-refractivity contribution in [3.8, 4) is 0 Å². The zero-order valence-electron chi connectivity index (χ0n) is 17.5. The van der Waals surface area contributed by atoms with Gasteiger partial charge in [0.05, 0.1) is 11.7 Å². The van der Waals surface area contributed by atoms with E-state index in [1.54, 1.807) is 11.3 Å². The Labute approximate surface area is 184 Å². The number of H-pyrrole nitrogens is 1. The minimum absolute atomic E-state index is 0.755. The lowest BCUT2D eigenvalue weighted by molar-refractivity contribution is 0.312. The molecule has 0 bridgehead atoms. The maximum atomic E-state index is 4.63. The third kappa shape index (κ3) is 4.57. The van der Waals surface area contributed by atoms with Crippen LogP contribution in [0.3, 0.4) is 0 Å². The first-order valence-electron chi connectivity index (χ1n) is 10.3. The van der Waals surface area contributed by atoms with E-state index in [1.165, 1.54) is 0 Å². The summed E-state index contributed by atoms with van der Waals surface area (Å²) in [6.07, 6.45) is 7.87. The minimum Gasteiger partial charge on any atom is -0.354 e. The molecule has 0 aliphatic carbocycles. The first-order valence-corrected chi connectivity index (χ1v) is 11.1. The number of hydrogen-bond acceptors (Lipinski definition) is 8. The van der Waals surface area contributed by atoms with Crippen molar-refractivity contribution in [2.75, 3.05) is 43.4 Å². The minimum atomic E-state index is 0.755. The highest BCUT2D eigenvalue weighted by atomic mass is 32.1. The number of nitrogens with one attached hydrogen (secondary N) is 2. The van der Waals surface area contributed by atoms with Crippen molar-refractivity contribution in [3.63, 3.8) is 0 Å². The summed E-state index contributed by atoms with van der Waals surface area (Å²) < 4.78 is 0. The molecule has 1 fully saturated rings. The molecule has 8 nitrogen and oxygen atoms in total. The SMILES string of the molecule is Cc1nc(Nc2ncc(/C=C/c3ccc4[nH]ncc4c3)s2)cc(N2CCN(C)CC2)n1. The van der Waals surface area contributed by atoms with E-state index in [0.29, 0.717) is 0 Å². The Balaban J connectivity index is 1.29. The lowest BCUT2D eigenvalue weighted by atomic mass is 10.1. The number of aryl methyl sites for hydroxylation is 1. The van der Waals surface area contributed by atoms with E-state index < -0.39 is 0 Å². The van der Waals surface area contributed by atoms with Gasteiger partial charge in [-0.2, -0.15) is 5.10 Å². The molecule has 1 aromatic carbocycles. The van der Waals surface area contributed by atoms with Gasteiger partial charge < -0.3 is 15.1 Å². The standard InChI is InChI=1S/C22H24N8S/c1-15-25-20(12-21(26-15)30-9-7-29(2)8-10-30)27-22-23-14-18(31-22)5-3-16-4-6-19-17(11-16)13-24-28-19/h3-6,11-14H,7-10H2,1-2H3,(H,24,28)(H,23,25,26,27)/b5-3+. The van der Waals surface area contributed by atoms with E-state index in [1.807, 2.05) is 31.5 Å². The lowest BCUT2D eigenvalue weighted by Gasteiger charge is -2.33. The molecule has 4 aromatic rings. The van der Waals surface area contributed by atoms with E-state index in [0.717, 1.165) is 70.1 Å². The predicted molar refractivity (Wildman–Crippen MR) is 127 cm³/mol. The van der Waals surface area contributed by atoms with Crippen molar-refractivity contribution in [3.05, 3.63) is 52.9 Å². The van der Waals surface area contributed by atoms with Crippen molar-refractivity contribution < 1.29 is 0 Å². The van der Waals surface area contributed by atoms with Crippen LogP contribution in [0.4, 0.5) is 16.8 Å². The molecule has 31 heavy (non-hydrogen) atoms. The number of rotatable bonds is 5. The Morgan fingerprint density at radius 1 is 1.06 bits per heavy atom. The number of benzene rings is 1. The fraction of sp³-hybridized carbons (Fsp3) is 0.273. The van der Waals surface area contributed by atoms with E-state index in [2.05, 4.69) is 71.6 Å². The van der Waals surface area contributed by atoms with Gasteiger partial charge in [0.25, 0.3) is 0 Å². The Bertz CT molecular complexity index is 1220. The Morgan fingerprint density at radius 2 is 1.94 bits per heavy atom. The summed E-state index contributed by atoms with van der Waals surface area (Å²) in [5.41, 5.74) is 2.16. The van der Waals surface area contributed by atoms with E-state index in [-0.39, 0.29) is 0 Å². The fourth-order valence-electron chi connectivity index (χ4n) is 3.59. The molecule has 1 saturated heterocycles. The number of anilines is 3. The number of likely N-dealkylation sites (N-methyl/N-ethyl adjacent to an activating group) is 1. The molecule has 0 saturated carbocycles. The van der Waals surface area contributed by atoms with E-state index in [4.69, 9.17) is 0 Å². The van der Waals surface area contributed by atoms with Crippen molar-refractivity contribution in [1.82, 2.24) is 30.0 Å². The largest absolute Gasteiger partial charge is 0.354 e. The summed E-state index contributed by atoms with van der Waals surface area (Å²) in [5.74, 6) is 2.50. The molecule has 0 spiro atoms. The van der Waals surface area contributed by atoms with Gasteiger partial charge in [0.1, 0.15) is 17.5 Å². The van der Waals surface area contributed by atoms with Crippen LogP contribution < -0.4 is 10.2 Å². The summed E-state index contributed by atoms with van der Waals surface area (Å²) >= 11 is 1.59. The molecule has 4 heterocycles. The van der Waals surface area contributed by atoms with Crippen LogP contribution in [0.1, 0.15) is 16.3 Å². The predicted octanol–water partition coefficient (Wildman–Crippen LogP) is 3.78. The van der Waals surface area contributed by atoms with Crippen molar-refractivity contribution in [1.29, 1.82) is 0 Å². The van der Waals surface area contributed by atoms with Gasteiger partial charge in [0.15, 0.2) is 5.13 Å². The summed E-state index contributed by atoms with van der Waals surface area (Å²) in [7, 11) is 2.15. The molecular weight excluding hydrogens is 408 g/mol. The number of piperazine rings is 1. The van der Waals surface area contributed by atoms with Crippen molar-refractivity contribution >= 4 is 51.2 Å². The average Bonchev–Trinajstić information content (AvgIpc) is 3.41. The first kappa shape index (κ1) is 19.7. The lowest BCUT2D eigenvalue weighted by Crippen LogP contribution is -2.44. The molecular formula is C22H24N8S. The van der Waals surface area contributed by atoms with Crippen LogP contribution in [-0.2, 0) is 0 Å². The molecule has 0 atom stereocenters. The second-order valence-electron chi connectivity index (χ2n) is 7.69. The average molecular weight is 433 g/mol. The van der Waals surface area contributed by atoms with Crippen LogP contribution in [0.25, 0.3) is 23.1 Å². The number of hydrogen-bond donors (Lipinski definition) is 2. The van der Waals surface area contributed by atoms with Crippen LogP contribution >= 0.6 is 11.3 Å². The molecule has 0 unspecified atom stereocenters. The number of fused-ring (bicyclic) bond motifs is 1. The highest BCUT2D eigenvalue weighted by Gasteiger charge is 2.16. The summed E-state index contributed by atoms with van der Waals surface area (Å²) in [5, 5.41) is 12.3. The molecule has 0 amide bonds. The summed E-state index contributed by atoms with van der Waals surface area (Å²) in [4.78, 5) is 19.4. The fourth-order valence-corrected chi connectivity index (χ4v) is 4.31. The highest BCUT2D eigenvalue weighted by Crippen LogP contribution is 2.26. The molecule has 1 aliphatic heterocycles. The number of aromatic nitrogens is 5. The van der Waals surface area contributed by atoms with Gasteiger partial charge in [-0.15, -0.1) is 0 Å².